The monoisotopic (exact) mass is 354 g/mol. The van der Waals surface area contributed by atoms with Crippen LogP contribution < -0.4 is 4.74 Å². The molecule has 1 aliphatic carbocycles. The predicted octanol–water partition coefficient (Wildman–Crippen LogP) is 7.07. The minimum atomic E-state index is -0.212. The van der Waals surface area contributed by atoms with Crippen LogP contribution in [0.15, 0.2) is 36.4 Å². The van der Waals surface area contributed by atoms with E-state index in [0.29, 0.717) is 5.92 Å². The van der Waals surface area contributed by atoms with Crippen LogP contribution in [0, 0.1) is 5.92 Å². The lowest BCUT2D eigenvalue weighted by atomic mass is 9.87. The molecule has 26 heavy (non-hydrogen) atoms. The Hall–Kier alpha value is -1.54. The number of benzene rings is 2. The van der Waals surface area contributed by atoms with E-state index in [2.05, 4.69) is 50.2 Å². The van der Waals surface area contributed by atoms with Gasteiger partial charge in [-0.15, -0.1) is 0 Å². The summed E-state index contributed by atoms with van der Waals surface area (Å²) in [6.07, 6.45) is 9.05. The van der Waals surface area contributed by atoms with Crippen LogP contribution in [0.25, 0.3) is 10.8 Å². The quantitative estimate of drug-likeness (QED) is 0.472. The van der Waals surface area contributed by atoms with E-state index in [0.717, 1.165) is 24.7 Å². The Kier molecular flexibility index (Phi) is 6.96. The van der Waals surface area contributed by atoms with Crippen molar-refractivity contribution in [3.8, 4) is 5.75 Å². The minimum absolute atomic E-state index is 0.212. The highest BCUT2D eigenvalue weighted by Crippen LogP contribution is 2.33. The highest BCUT2D eigenvalue weighted by Gasteiger charge is 2.15. The fraction of sp³-hybridized carbons (Fsp3) is 0.583. The Morgan fingerprint density at radius 2 is 1.69 bits per heavy atom. The van der Waals surface area contributed by atoms with Crippen LogP contribution in [-0.2, 0) is 4.74 Å². The third-order valence-electron chi connectivity index (χ3n) is 5.96. The lowest BCUT2D eigenvalue weighted by Gasteiger charge is -2.23. The van der Waals surface area contributed by atoms with Crippen molar-refractivity contribution in [1.29, 1.82) is 0 Å². The number of hydrogen-bond donors (Lipinski definition) is 0. The lowest BCUT2D eigenvalue weighted by molar-refractivity contribution is -0.0703. The first-order chi connectivity index (χ1) is 12.7. The van der Waals surface area contributed by atoms with Crippen LogP contribution in [0.3, 0.4) is 0 Å². The van der Waals surface area contributed by atoms with Gasteiger partial charge in [0.15, 0.2) is 6.29 Å². The van der Waals surface area contributed by atoms with Crippen molar-refractivity contribution in [1.82, 2.24) is 0 Å². The molecule has 0 aliphatic heterocycles. The molecule has 0 radical (unpaired) electrons. The van der Waals surface area contributed by atoms with Crippen LogP contribution >= 0.6 is 0 Å². The molecule has 2 aromatic carbocycles. The van der Waals surface area contributed by atoms with Gasteiger partial charge in [0.25, 0.3) is 0 Å². The fourth-order valence-electron chi connectivity index (χ4n) is 4.15. The topological polar surface area (TPSA) is 18.5 Å². The maximum Gasteiger partial charge on any atom is 0.197 e. The van der Waals surface area contributed by atoms with Gasteiger partial charge in [0.1, 0.15) is 5.75 Å². The first-order valence-electron chi connectivity index (χ1n) is 10.5. The molecule has 3 rings (SSSR count). The number of rotatable bonds is 8. The molecule has 1 fully saturated rings. The number of fused-ring (bicyclic) bond motifs is 1. The molecule has 0 amide bonds. The molecule has 2 heteroatoms. The average Bonchev–Trinajstić information content (AvgIpc) is 2.68. The first kappa shape index (κ1) is 19.2. The summed E-state index contributed by atoms with van der Waals surface area (Å²) in [5.74, 6) is 2.34. The summed E-state index contributed by atoms with van der Waals surface area (Å²) >= 11 is 0. The summed E-state index contributed by atoms with van der Waals surface area (Å²) in [4.78, 5) is 0. The van der Waals surface area contributed by atoms with E-state index < -0.39 is 0 Å². The summed E-state index contributed by atoms with van der Waals surface area (Å²) in [6.45, 7) is 7.35. The van der Waals surface area contributed by atoms with Crippen LogP contribution in [0.2, 0.25) is 0 Å². The molecule has 1 aliphatic rings. The zero-order valence-corrected chi connectivity index (χ0v) is 16.7. The summed E-state index contributed by atoms with van der Waals surface area (Å²) < 4.78 is 12.1. The largest absolute Gasteiger partial charge is 0.465 e. The van der Waals surface area contributed by atoms with Gasteiger partial charge >= 0.3 is 0 Å². The molecule has 0 spiro atoms. The molecular weight excluding hydrogens is 320 g/mol. The lowest BCUT2D eigenvalue weighted by Crippen LogP contribution is -2.19. The van der Waals surface area contributed by atoms with Gasteiger partial charge in [-0.3, -0.25) is 0 Å². The fourth-order valence-corrected chi connectivity index (χ4v) is 4.15. The predicted molar refractivity (Wildman–Crippen MR) is 110 cm³/mol. The third-order valence-corrected chi connectivity index (χ3v) is 5.96. The van der Waals surface area contributed by atoms with Crippen molar-refractivity contribution in [3.05, 3.63) is 42.0 Å². The molecule has 0 aromatic heterocycles. The molecule has 0 saturated heterocycles. The molecule has 0 bridgehead atoms. The van der Waals surface area contributed by atoms with Crippen molar-refractivity contribution < 1.29 is 9.47 Å². The highest BCUT2D eigenvalue weighted by molar-refractivity contribution is 5.91. The van der Waals surface area contributed by atoms with Gasteiger partial charge in [-0.05, 0) is 48.6 Å². The van der Waals surface area contributed by atoms with Gasteiger partial charge in [-0.25, -0.2) is 0 Å². The van der Waals surface area contributed by atoms with Crippen LogP contribution in [0.5, 0.6) is 5.75 Å². The van der Waals surface area contributed by atoms with E-state index in [9.17, 15) is 0 Å². The van der Waals surface area contributed by atoms with Crippen LogP contribution in [0.1, 0.15) is 77.2 Å². The van der Waals surface area contributed by atoms with Crippen LogP contribution in [0.4, 0.5) is 0 Å². The Labute approximate surface area is 158 Å². The Morgan fingerprint density at radius 3 is 2.46 bits per heavy atom. The smallest absolute Gasteiger partial charge is 0.197 e. The SMILES string of the molecule is CCC(C)c1cccc2c(OC(C)OCCC3CCCCC3)cccc12. The van der Waals surface area contributed by atoms with Crippen molar-refractivity contribution in [2.24, 2.45) is 5.92 Å². The zero-order chi connectivity index (χ0) is 18.4. The molecule has 1 saturated carbocycles. The molecule has 142 valence electrons. The van der Waals surface area contributed by atoms with Gasteiger partial charge in [-0.2, -0.15) is 0 Å². The highest BCUT2D eigenvalue weighted by atomic mass is 16.7. The maximum atomic E-state index is 6.16. The second kappa shape index (κ2) is 9.41. The molecule has 2 nitrogen and oxygen atoms in total. The summed E-state index contributed by atoms with van der Waals surface area (Å²) in [7, 11) is 0. The minimum Gasteiger partial charge on any atom is -0.465 e. The van der Waals surface area contributed by atoms with Gasteiger partial charge in [0, 0.05) is 5.39 Å². The van der Waals surface area contributed by atoms with Gasteiger partial charge in [0.2, 0.25) is 0 Å². The molecule has 2 atom stereocenters. The Bertz CT molecular complexity index is 688. The van der Waals surface area contributed by atoms with Gasteiger partial charge in [0.05, 0.1) is 6.61 Å². The maximum absolute atomic E-state index is 6.16. The summed E-state index contributed by atoms with van der Waals surface area (Å²) in [5, 5.41) is 2.49. The van der Waals surface area contributed by atoms with Crippen molar-refractivity contribution >= 4 is 10.8 Å². The van der Waals surface area contributed by atoms with Crippen molar-refractivity contribution in [3.63, 3.8) is 0 Å². The zero-order valence-electron chi connectivity index (χ0n) is 16.7. The van der Waals surface area contributed by atoms with Gasteiger partial charge < -0.3 is 9.47 Å². The van der Waals surface area contributed by atoms with Crippen molar-refractivity contribution in [2.75, 3.05) is 6.61 Å². The standard InChI is InChI=1S/C24H34O2/c1-4-18(2)21-12-8-14-23-22(21)13-9-15-24(23)26-19(3)25-17-16-20-10-6-5-7-11-20/h8-9,12-15,18-20H,4-7,10-11,16-17H2,1-3H3. The molecule has 2 unspecified atom stereocenters. The van der Waals surface area contributed by atoms with Crippen LogP contribution in [-0.4, -0.2) is 12.9 Å². The molecule has 0 N–H and O–H groups in total. The average molecular weight is 355 g/mol. The Balaban J connectivity index is 1.62. The van der Waals surface area contributed by atoms with E-state index in [1.807, 2.05) is 6.92 Å². The van der Waals surface area contributed by atoms with Gasteiger partial charge in [-0.1, -0.05) is 76.3 Å². The van der Waals surface area contributed by atoms with E-state index in [1.54, 1.807) is 0 Å². The van der Waals surface area contributed by atoms with E-state index in [-0.39, 0.29) is 6.29 Å². The van der Waals surface area contributed by atoms with E-state index in [4.69, 9.17) is 9.47 Å². The number of hydrogen-bond acceptors (Lipinski definition) is 2. The number of ether oxygens (including phenoxy) is 2. The van der Waals surface area contributed by atoms with E-state index >= 15 is 0 Å². The van der Waals surface area contributed by atoms with Crippen molar-refractivity contribution in [2.45, 2.75) is 77.9 Å². The molecular formula is C24H34O2. The molecule has 2 aromatic rings. The molecule has 0 heterocycles. The third kappa shape index (κ3) is 4.79. The normalized spacial score (nSPS) is 18.0. The summed E-state index contributed by atoms with van der Waals surface area (Å²) in [6, 6.07) is 12.9. The second-order valence-corrected chi connectivity index (χ2v) is 7.86. The second-order valence-electron chi connectivity index (χ2n) is 7.86. The van der Waals surface area contributed by atoms with E-state index in [1.165, 1.54) is 54.9 Å². The first-order valence-corrected chi connectivity index (χ1v) is 10.5. The Morgan fingerprint density at radius 1 is 0.962 bits per heavy atom. The summed E-state index contributed by atoms with van der Waals surface area (Å²) in [5.41, 5.74) is 1.40.